The molecular weight excluding hydrogens is 444 g/mol. The molecule has 0 aliphatic carbocycles. The number of piperidine rings is 1. The normalized spacial score (nSPS) is 15.5. The zero-order chi connectivity index (χ0) is 22.8. The van der Waals surface area contributed by atoms with Crippen molar-refractivity contribution in [3.8, 4) is 17.9 Å². The lowest BCUT2D eigenvalue weighted by Gasteiger charge is -2.31. The molecule has 2 N–H and O–H groups in total. The number of imidazole rings is 1. The van der Waals surface area contributed by atoms with Crippen LogP contribution in [0.4, 0.5) is 5.95 Å². The monoisotopic (exact) mass is 468 g/mol. The molecule has 0 saturated carbocycles. The fourth-order valence-corrected chi connectivity index (χ4v) is 4.06. The Kier molecular flexibility index (Phi) is 7.22. The summed E-state index contributed by atoms with van der Waals surface area (Å²) in [5.41, 5.74) is 6.41. The van der Waals surface area contributed by atoms with Crippen molar-refractivity contribution in [3.05, 3.63) is 50.4 Å². The second-order valence-corrected chi connectivity index (χ2v) is 7.79. The molecule has 1 atom stereocenters. The molecule has 1 aliphatic rings. The number of nitrogens with zero attached hydrogens (tertiary/aromatic N) is 7. The molecule has 0 aromatic carbocycles. The molecule has 4 heterocycles. The minimum absolute atomic E-state index is 0. The summed E-state index contributed by atoms with van der Waals surface area (Å²) >= 11 is 0. The van der Waals surface area contributed by atoms with Crippen LogP contribution in [0.5, 0.6) is 0 Å². The van der Waals surface area contributed by atoms with E-state index in [-0.39, 0.29) is 31.5 Å². The van der Waals surface area contributed by atoms with Crippen LogP contribution in [-0.4, -0.2) is 42.8 Å². The van der Waals surface area contributed by atoms with Gasteiger partial charge in [0.25, 0.3) is 5.56 Å². The first-order valence-corrected chi connectivity index (χ1v) is 10.4. The van der Waals surface area contributed by atoms with Gasteiger partial charge in [0.15, 0.2) is 11.2 Å². The van der Waals surface area contributed by atoms with E-state index in [4.69, 9.17) is 5.73 Å². The van der Waals surface area contributed by atoms with Gasteiger partial charge in [0.1, 0.15) is 6.07 Å². The van der Waals surface area contributed by atoms with Gasteiger partial charge in [-0.2, -0.15) is 10.2 Å². The number of hydrogen-bond donors (Lipinski definition) is 1. The van der Waals surface area contributed by atoms with Crippen molar-refractivity contribution in [1.29, 1.82) is 5.26 Å². The highest BCUT2D eigenvalue weighted by Crippen LogP contribution is 2.22. The van der Waals surface area contributed by atoms with Crippen molar-refractivity contribution in [2.24, 2.45) is 12.8 Å². The van der Waals surface area contributed by atoms with Crippen LogP contribution in [0, 0.1) is 23.2 Å². The molecule has 3 aromatic rings. The summed E-state index contributed by atoms with van der Waals surface area (Å²) in [5.74, 6) is 6.45. The highest BCUT2D eigenvalue weighted by molar-refractivity contribution is 5.85. The number of pyridine rings is 1. The number of rotatable bonds is 4. The molecule has 0 amide bonds. The van der Waals surface area contributed by atoms with Gasteiger partial charge in [0, 0.05) is 32.4 Å². The summed E-state index contributed by atoms with van der Waals surface area (Å²) in [5, 5.41) is 9.37. The lowest BCUT2D eigenvalue weighted by atomic mass is 10.1. The topological polar surface area (TPSA) is 128 Å². The third kappa shape index (κ3) is 4.36. The summed E-state index contributed by atoms with van der Waals surface area (Å²) in [6.07, 6.45) is 3.38. The van der Waals surface area contributed by atoms with E-state index in [1.54, 1.807) is 30.7 Å². The molecule has 172 valence electrons. The van der Waals surface area contributed by atoms with E-state index in [1.807, 2.05) is 4.90 Å². The first-order valence-electron chi connectivity index (χ1n) is 10.4. The van der Waals surface area contributed by atoms with Crippen LogP contribution in [0.15, 0.2) is 27.9 Å². The summed E-state index contributed by atoms with van der Waals surface area (Å²) in [4.78, 5) is 37.5. The smallest absolute Gasteiger partial charge is 0.332 e. The molecule has 3 aromatic heterocycles. The molecule has 1 fully saturated rings. The molecule has 0 spiro atoms. The fourth-order valence-electron chi connectivity index (χ4n) is 4.06. The number of aryl methyl sites for hydroxylation is 1. The number of hydrogen-bond acceptors (Lipinski definition) is 7. The van der Waals surface area contributed by atoms with Crippen LogP contribution in [-0.2, 0) is 20.1 Å². The van der Waals surface area contributed by atoms with Crippen LogP contribution >= 0.6 is 12.4 Å². The van der Waals surface area contributed by atoms with Gasteiger partial charge in [-0.15, -0.1) is 18.3 Å². The standard InChI is InChI=1S/C22H24N8O2.ClH/c1-3-4-11-29-18-19(26-21(29)28-10-6-8-16(24)13-28)27(2)22(32)30(20(18)31)14-17-15(12-23)7-5-9-25-17;/h5,7,9,16H,6,8,10-11,13-14,24H2,1-2H3;1H/t16-;/m0./s1. The quantitative estimate of drug-likeness (QED) is 0.555. The predicted octanol–water partition coefficient (Wildman–Crippen LogP) is 0.584. The van der Waals surface area contributed by atoms with Gasteiger partial charge >= 0.3 is 5.69 Å². The van der Waals surface area contributed by atoms with Crippen LogP contribution in [0.25, 0.3) is 11.2 Å². The van der Waals surface area contributed by atoms with Crippen molar-refractivity contribution in [2.75, 3.05) is 18.0 Å². The summed E-state index contributed by atoms with van der Waals surface area (Å²) in [7, 11) is 1.58. The summed E-state index contributed by atoms with van der Waals surface area (Å²) in [6, 6.07) is 5.32. The maximum atomic E-state index is 13.5. The van der Waals surface area contributed by atoms with E-state index < -0.39 is 11.2 Å². The minimum atomic E-state index is -0.523. The van der Waals surface area contributed by atoms with Crippen molar-refractivity contribution in [2.45, 2.75) is 38.9 Å². The third-order valence-electron chi connectivity index (χ3n) is 5.69. The van der Waals surface area contributed by atoms with Crippen molar-refractivity contribution >= 4 is 29.5 Å². The number of halogens is 1. The van der Waals surface area contributed by atoms with Gasteiger partial charge in [-0.25, -0.2) is 4.79 Å². The molecular formula is C22H25ClN8O2. The molecule has 1 aliphatic heterocycles. The van der Waals surface area contributed by atoms with Crippen molar-refractivity contribution in [3.63, 3.8) is 0 Å². The number of anilines is 1. The zero-order valence-electron chi connectivity index (χ0n) is 18.5. The molecule has 4 rings (SSSR count). The number of nitrogens with two attached hydrogens (primary N) is 1. The van der Waals surface area contributed by atoms with Gasteiger partial charge in [-0.05, 0) is 31.9 Å². The molecule has 10 nitrogen and oxygen atoms in total. The fraction of sp³-hybridized carbons (Fsp3) is 0.409. The highest BCUT2D eigenvalue weighted by atomic mass is 35.5. The maximum absolute atomic E-state index is 13.5. The van der Waals surface area contributed by atoms with Crippen LogP contribution < -0.4 is 21.9 Å². The molecule has 33 heavy (non-hydrogen) atoms. The van der Waals surface area contributed by atoms with Gasteiger partial charge < -0.3 is 10.6 Å². The predicted molar refractivity (Wildman–Crippen MR) is 127 cm³/mol. The van der Waals surface area contributed by atoms with Crippen LogP contribution in [0.1, 0.15) is 31.0 Å². The van der Waals surface area contributed by atoms with Crippen LogP contribution in [0.2, 0.25) is 0 Å². The summed E-state index contributed by atoms with van der Waals surface area (Å²) in [6.45, 7) is 3.26. The van der Waals surface area contributed by atoms with E-state index in [1.165, 1.54) is 10.8 Å². The second kappa shape index (κ2) is 9.90. The third-order valence-corrected chi connectivity index (χ3v) is 5.69. The molecule has 0 bridgehead atoms. The Labute approximate surface area is 196 Å². The van der Waals surface area contributed by atoms with Crippen LogP contribution in [0.3, 0.4) is 0 Å². The van der Waals surface area contributed by atoms with Gasteiger partial charge in [-0.3, -0.25) is 23.5 Å². The van der Waals surface area contributed by atoms with Crippen molar-refractivity contribution in [1.82, 2.24) is 23.7 Å². The number of fused-ring (bicyclic) bond motifs is 1. The van der Waals surface area contributed by atoms with E-state index in [0.717, 1.165) is 24.0 Å². The van der Waals surface area contributed by atoms with Gasteiger partial charge in [0.05, 0.1) is 24.3 Å². The van der Waals surface area contributed by atoms with Gasteiger partial charge in [-0.1, -0.05) is 5.92 Å². The Morgan fingerprint density at radius 2 is 2.09 bits per heavy atom. The summed E-state index contributed by atoms with van der Waals surface area (Å²) < 4.78 is 4.20. The number of nitriles is 1. The SMILES string of the molecule is CC#CCn1c(N2CCC[C@H](N)C2)nc2c1c(=O)n(Cc1ncccc1C#N)c(=O)n2C.Cl. The first-order chi connectivity index (χ1) is 15.5. The Hall–Kier alpha value is -3.60. The maximum Gasteiger partial charge on any atom is 0.332 e. The lowest BCUT2D eigenvalue weighted by Crippen LogP contribution is -2.44. The van der Waals surface area contributed by atoms with Crippen molar-refractivity contribution < 1.29 is 0 Å². The van der Waals surface area contributed by atoms with E-state index in [2.05, 4.69) is 27.9 Å². The Morgan fingerprint density at radius 3 is 2.79 bits per heavy atom. The zero-order valence-corrected chi connectivity index (χ0v) is 19.3. The Bertz CT molecular complexity index is 1400. The van der Waals surface area contributed by atoms with E-state index >= 15 is 0 Å². The Morgan fingerprint density at radius 1 is 1.30 bits per heavy atom. The largest absolute Gasteiger partial charge is 0.341 e. The molecule has 11 heteroatoms. The minimum Gasteiger partial charge on any atom is -0.341 e. The van der Waals surface area contributed by atoms with Gasteiger partial charge in [0.2, 0.25) is 5.95 Å². The number of aromatic nitrogens is 5. The highest BCUT2D eigenvalue weighted by Gasteiger charge is 2.26. The van der Waals surface area contributed by atoms with E-state index in [9.17, 15) is 14.9 Å². The van der Waals surface area contributed by atoms with E-state index in [0.29, 0.717) is 34.9 Å². The second-order valence-electron chi connectivity index (χ2n) is 7.79. The first kappa shape index (κ1) is 24.1. The average molecular weight is 469 g/mol. The Balaban J connectivity index is 0.00000306. The lowest BCUT2D eigenvalue weighted by molar-refractivity contribution is 0.496. The molecule has 0 radical (unpaired) electrons. The molecule has 1 saturated heterocycles. The average Bonchev–Trinajstić information content (AvgIpc) is 3.19. The molecule has 0 unspecified atom stereocenters.